The molecule has 1 rings (SSSR count). The molecular weight excluding hydrogens is 212 g/mol. The van der Waals surface area contributed by atoms with E-state index in [-0.39, 0.29) is 17.8 Å². The molecule has 1 fully saturated rings. The van der Waals surface area contributed by atoms with E-state index < -0.39 is 10.0 Å². The van der Waals surface area contributed by atoms with E-state index in [1.165, 1.54) is 6.08 Å². The van der Waals surface area contributed by atoms with Crippen molar-refractivity contribution in [3.8, 4) is 0 Å². The Labute approximate surface area is 92.0 Å². The van der Waals surface area contributed by atoms with Crippen LogP contribution >= 0.6 is 0 Å². The fourth-order valence-corrected chi connectivity index (χ4v) is 3.08. The molecule has 0 aromatic rings. The normalized spacial score (nSPS) is 28.3. The van der Waals surface area contributed by atoms with Gasteiger partial charge in [0.2, 0.25) is 10.0 Å². The highest BCUT2D eigenvalue weighted by Gasteiger charge is 2.24. The maximum absolute atomic E-state index is 11.5. The summed E-state index contributed by atoms with van der Waals surface area (Å²) in [4.78, 5) is 0. The lowest BCUT2D eigenvalue weighted by Gasteiger charge is -2.22. The van der Waals surface area contributed by atoms with Crippen LogP contribution in [0, 0.1) is 0 Å². The first-order valence-corrected chi connectivity index (χ1v) is 7.07. The summed E-state index contributed by atoms with van der Waals surface area (Å²) in [6.07, 6.45) is 6.44. The highest BCUT2D eigenvalue weighted by molar-refractivity contribution is 7.89. The van der Waals surface area contributed by atoms with Gasteiger partial charge in [0.25, 0.3) is 0 Å². The van der Waals surface area contributed by atoms with Gasteiger partial charge in [-0.2, -0.15) is 0 Å². The number of nitrogens with one attached hydrogen (secondary N) is 1. The Morgan fingerprint density at radius 3 is 2.67 bits per heavy atom. The smallest absolute Gasteiger partial charge is 0.215 e. The Morgan fingerprint density at radius 2 is 2.00 bits per heavy atom. The Bertz CT molecular complexity index is 301. The van der Waals surface area contributed by atoms with Crippen LogP contribution in [0.15, 0.2) is 12.7 Å². The Kier molecular flexibility index (Phi) is 4.76. The van der Waals surface area contributed by atoms with Gasteiger partial charge in [0.05, 0.1) is 5.75 Å². The summed E-state index contributed by atoms with van der Waals surface area (Å²) < 4.78 is 25.7. The Balaban J connectivity index is 2.58. The molecule has 0 bridgehead atoms. The predicted molar refractivity (Wildman–Crippen MR) is 62.0 cm³/mol. The molecule has 1 aliphatic carbocycles. The molecule has 2 atom stereocenters. The zero-order valence-corrected chi connectivity index (χ0v) is 9.80. The second kappa shape index (κ2) is 5.63. The van der Waals surface area contributed by atoms with Crippen LogP contribution in [0.5, 0.6) is 0 Å². The van der Waals surface area contributed by atoms with E-state index in [2.05, 4.69) is 11.3 Å². The highest BCUT2D eigenvalue weighted by atomic mass is 32.2. The molecule has 3 N–H and O–H groups in total. The van der Waals surface area contributed by atoms with Crippen molar-refractivity contribution in [1.29, 1.82) is 0 Å². The van der Waals surface area contributed by atoms with Gasteiger partial charge in [-0.1, -0.05) is 25.3 Å². The number of sulfonamides is 1. The van der Waals surface area contributed by atoms with Crippen LogP contribution in [0.1, 0.15) is 32.1 Å². The molecule has 0 saturated heterocycles. The monoisotopic (exact) mass is 232 g/mol. The predicted octanol–water partition coefficient (Wildman–Crippen LogP) is 0.752. The van der Waals surface area contributed by atoms with Gasteiger partial charge >= 0.3 is 0 Å². The van der Waals surface area contributed by atoms with E-state index in [1.807, 2.05) is 0 Å². The topological polar surface area (TPSA) is 72.2 Å². The molecule has 4 nitrogen and oxygen atoms in total. The van der Waals surface area contributed by atoms with Crippen molar-refractivity contribution < 1.29 is 8.42 Å². The molecule has 0 aromatic carbocycles. The first-order valence-electron chi connectivity index (χ1n) is 5.41. The second-order valence-electron chi connectivity index (χ2n) is 4.10. The van der Waals surface area contributed by atoms with Crippen molar-refractivity contribution in [2.45, 2.75) is 44.2 Å². The quantitative estimate of drug-likeness (QED) is 0.555. The lowest BCUT2D eigenvalue weighted by atomic mass is 10.1. The highest BCUT2D eigenvalue weighted by Crippen LogP contribution is 2.17. The fraction of sp³-hybridized carbons (Fsp3) is 0.800. The van der Waals surface area contributed by atoms with Crippen LogP contribution < -0.4 is 10.5 Å². The van der Waals surface area contributed by atoms with Crippen LogP contribution in [0.4, 0.5) is 0 Å². The van der Waals surface area contributed by atoms with Gasteiger partial charge < -0.3 is 5.73 Å². The summed E-state index contributed by atoms with van der Waals surface area (Å²) >= 11 is 0. The molecule has 5 heteroatoms. The fourth-order valence-electron chi connectivity index (χ4n) is 1.92. The summed E-state index contributed by atoms with van der Waals surface area (Å²) in [5, 5.41) is 0. The van der Waals surface area contributed by atoms with E-state index in [4.69, 9.17) is 5.73 Å². The summed E-state index contributed by atoms with van der Waals surface area (Å²) in [6, 6.07) is -0.149. The largest absolute Gasteiger partial charge is 0.326 e. The maximum atomic E-state index is 11.5. The first-order chi connectivity index (χ1) is 7.05. The van der Waals surface area contributed by atoms with Gasteiger partial charge in [-0.25, -0.2) is 13.1 Å². The first kappa shape index (κ1) is 12.7. The minimum absolute atomic E-state index is 0.0315. The minimum atomic E-state index is -3.23. The number of hydrogen-bond acceptors (Lipinski definition) is 3. The number of rotatable bonds is 4. The van der Waals surface area contributed by atoms with Crippen LogP contribution in [0.25, 0.3) is 0 Å². The van der Waals surface area contributed by atoms with Gasteiger partial charge in [-0.3, -0.25) is 0 Å². The molecule has 0 spiro atoms. The third-order valence-corrected chi connectivity index (χ3v) is 4.07. The van der Waals surface area contributed by atoms with E-state index in [9.17, 15) is 8.42 Å². The second-order valence-corrected chi connectivity index (χ2v) is 5.89. The zero-order chi connectivity index (χ0) is 11.3. The van der Waals surface area contributed by atoms with Crippen molar-refractivity contribution in [3.63, 3.8) is 0 Å². The van der Waals surface area contributed by atoms with Crippen molar-refractivity contribution in [1.82, 2.24) is 4.72 Å². The molecular formula is C10H20N2O2S. The van der Waals surface area contributed by atoms with E-state index in [0.717, 1.165) is 32.1 Å². The molecule has 15 heavy (non-hydrogen) atoms. The van der Waals surface area contributed by atoms with Crippen LogP contribution in [0.2, 0.25) is 0 Å². The average molecular weight is 232 g/mol. The summed E-state index contributed by atoms with van der Waals surface area (Å²) in [6.45, 7) is 3.43. The van der Waals surface area contributed by atoms with Crippen molar-refractivity contribution >= 4 is 10.0 Å². The lowest BCUT2D eigenvalue weighted by Crippen LogP contribution is -2.47. The van der Waals surface area contributed by atoms with Crippen LogP contribution in [0.3, 0.4) is 0 Å². The molecule has 0 aliphatic heterocycles. The van der Waals surface area contributed by atoms with Gasteiger partial charge in [-0.15, -0.1) is 6.58 Å². The van der Waals surface area contributed by atoms with Gasteiger partial charge in [0.15, 0.2) is 0 Å². The third kappa shape index (κ3) is 4.32. The van der Waals surface area contributed by atoms with Gasteiger partial charge in [0.1, 0.15) is 0 Å². The molecule has 2 unspecified atom stereocenters. The van der Waals surface area contributed by atoms with Crippen LogP contribution in [-0.2, 0) is 10.0 Å². The molecule has 88 valence electrons. The molecule has 0 amide bonds. The zero-order valence-electron chi connectivity index (χ0n) is 8.98. The summed E-state index contributed by atoms with van der Waals surface area (Å²) in [5.41, 5.74) is 5.93. The van der Waals surface area contributed by atoms with Gasteiger partial charge in [-0.05, 0) is 12.8 Å². The van der Waals surface area contributed by atoms with E-state index in [0.29, 0.717) is 0 Å². The van der Waals surface area contributed by atoms with Crippen LogP contribution in [-0.4, -0.2) is 26.3 Å². The standard InChI is InChI=1S/C10H20N2O2S/c1-2-8-15(13,14)12-10-7-5-3-4-6-9(10)11/h2,9-10,12H,1,3-8,11H2. The van der Waals surface area contributed by atoms with Crippen molar-refractivity contribution in [2.24, 2.45) is 5.73 Å². The number of nitrogens with two attached hydrogens (primary N) is 1. The van der Waals surface area contributed by atoms with Gasteiger partial charge in [0, 0.05) is 12.1 Å². The Morgan fingerprint density at radius 1 is 1.33 bits per heavy atom. The molecule has 1 saturated carbocycles. The van der Waals surface area contributed by atoms with E-state index in [1.54, 1.807) is 0 Å². The lowest BCUT2D eigenvalue weighted by molar-refractivity contribution is 0.457. The third-order valence-electron chi connectivity index (χ3n) is 2.74. The maximum Gasteiger partial charge on any atom is 0.215 e. The summed E-state index contributed by atoms with van der Waals surface area (Å²) in [5.74, 6) is -0.0315. The molecule has 0 aromatic heterocycles. The molecule has 0 heterocycles. The van der Waals surface area contributed by atoms with Crippen molar-refractivity contribution in [3.05, 3.63) is 12.7 Å². The molecule has 1 aliphatic rings. The minimum Gasteiger partial charge on any atom is -0.326 e. The van der Waals surface area contributed by atoms with Crippen molar-refractivity contribution in [2.75, 3.05) is 5.75 Å². The Hall–Kier alpha value is -0.390. The van der Waals surface area contributed by atoms with E-state index >= 15 is 0 Å². The number of hydrogen-bond donors (Lipinski definition) is 2. The molecule has 0 radical (unpaired) electrons. The summed E-state index contributed by atoms with van der Waals surface area (Å²) in [7, 11) is -3.23. The SMILES string of the molecule is C=CCS(=O)(=O)NC1CCCCCC1N. The average Bonchev–Trinajstić information content (AvgIpc) is 2.31.